The quantitative estimate of drug-likeness (QED) is 0.694. The fourth-order valence-corrected chi connectivity index (χ4v) is 5.25. The number of halogens is 2. The Bertz CT molecular complexity index is 922. The molecule has 170 valence electrons. The second kappa shape index (κ2) is 10.2. The van der Waals surface area contributed by atoms with Crippen LogP contribution in [0.4, 0.5) is 8.78 Å². The molecule has 1 atom stereocenters. The molecule has 1 N–H and O–H groups in total. The maximum absolute atomic E-state index is 13.7. The van der Waals surface area contributed by atoms with Gasteiger partial charge in [-0.1, -0.05) is 36.4 Å². The minimum atomic E-state index is -0.932. The summed E-state index contributed by atoms with van der Waals surface area (Å²) in [5, 5.41) is 2.36. The van der Waals surface area contributed by atoms with E-state index in [9.17, 15) is 18.4 Å². The molecule has 2 aromatic rings. The molecule has 0 radical (unpaired) electrons. The Hall–Kier alpha value is -2.76. The van der Waals surface area contributed by atoms with Gasteiger partial charge in [-0.05, 0) is 74.0 Å². The molecule has 1 unspecified atom stereocenters. The Labute approximate surface area is 188 Å². The average Bonchev–Trinajstić information content (AvgIpc) is 3.27. The summed E-state index contributed by atoms with van der Waals surface area (Å²) in [5.41, 5.74) is 0.798. The third-order valence-corrected chi connectivity index (χ3v) is 7.01. The van der Waals surface area contributed by atoms with Gasteiger partial charge in [0, 0.05) is 13.1 Å². The van der Waals surface area contributed by atoms with E-state index in [1.165, 1.54) is 37.3 Å². The van der Waals surface area contributed by atoms with Crippen molar-refractivity contribution in [1.29, 1.82) is 0 Å². The summed E-state index contributed by atoms with van der Waals surface area (Å²) in [6, 6.07) is 14.0. The standard InChI is InChI=1S/C26H30F2N2O2/c27-22-7-4-8-23(28)25(22)26(32)29-16-24(31)30-14-13-19(17-30)15-18-9-11-21(12-10-18)20-5-2-1-3-6-20/h1-8,18-19,21H,9-17H2,(H,29,32). The molecule has 0 bridgehead atoms. The highest BCUT2D eigenvalue weighted by atomic mass is 19.1. The van der Waals surface area contributed by atoms with Crippen LogP contribution in [0.3, 0.4) is 0 Å². The van der Waals surface area contributed by atoms with Crippen LogP contribution in [0.5, 0.6) is 0 Å². The molecule has 2 amide bonds. The van der Waals surface area contributed by atoms with Crippen LogP contribution in [0.15, 0.2) is 48.5 Å². The van der Waals surface area contributed by atoms with E-state index in [1.807, 2.05) is 0 Å². The number of rotatable bonds is 6. The summed E-state index contributed by atoms with van der Waals surface area (Å²) in [5.74, 6) is -1.12. The van der Waals surface area contributed by atoms with Crippen LogP contribution < -0.4 is 5.32 Å². The third kappa shape index (κ3) is 5.34. The Morgan fingerprint density at radius 1 is 0.875 bits per heavy atom. The van der Waals surface area contributed by atoms with Crippen molar-refractivity contribution in [2.75, 3.05) is 19.6 Å². The average molecular weight is 441 g/mol. The van der Waals surface area contributed by atoms with E-state index < -0.39 is 23.1 Å². The predicted molar refractivity (Wildman–Crippen MR) is 119 cm³/mol. The van der Waals surface area contributed by atoms with Gasteiger partial charge in [-0.2, -0.15) is 0 Å². The van der Waals surface area contributed by atoms with E-state index in [2.05, 4.69) is 35.6 Å². The molecule has 4 nitrogen and oxygen atoms in total. The Balaban J connectivity index is 1.20. The summed E-state index contributed by atoms with van der Waals surface area (Å²) in [6.45, 7) is 1.12. The number of carbonyl (C=O) groups is 2. The van der Waals surface area contributed by atoms with Crippen molar-refractivity contribution < 1.29 is 18.4 Å². The maximum Gasteiger partial charge on any atom is 0.257 e. The molecule has 1 heterocycles. The van der Waals surface area contributed by atoms with Gasteiger partial charge in [0.15, 0.2) is 0 Å². The van der Waals surface area contributed by atoms with Gasteiger partial charge in [0.25, 0.3) is 5.91 Å². The molecular formula is C26H30F2N2O2. The SMILES string of the molecule is O=C(NCC(=O)N1CCC(CC2CCC(c3ccccc3)CC2)C1)c1c(F)cccc1F. The minimum Gasteiger partial charge on any atom is -0.343 e. The molecule has 2 fully saturated rings. The molecule has 1 saturated heterocycles. The monoisotopic (exact) mass is 440 g/mol. The normalized spacial score (nSPS) is 23.2. The van der Waals surface area contributed by atoms with Crippen LogP contribution in [0.2, 0.25) is 0 Å². The molecule has 0 aromatic heterocycles. The van der Waals surface area contributed by atoms with Gasteiger partial charge in [-0.15, -0.1) is 0 Å². The molecule has 0 spiro atoms. The minimum absolute atomic E-state index is 0.203. The molecule has 1 aliphatic carbocycles. The fraction of sp³-hybridized carbons (Fsp3) is 0.462. The smallest absolute Gasteiger partial charge is 0.257 e. The third-order valence-electron chi connectivity index (χ3n) is 7.01. The van der Waals surface area contributed by atoms with Crippen LogP contribution >= 0.6 is 0 Å². The lowest BCUT2D eigenvalue weighted by Crippen LogP contribution is -2.39. The Kier molecular flexibility index (Phi) is 7.18. The first kappa shape index (κ1) is 22.4. The van der Waals surface area contributed by atoms with Crippen molar-refractivity contribution in [3.8, 4) is 0 Å². The Morgan fingerprint density at radius 3 is 2.25 bits per heavy atom. The van der Waals surface area contributed by atoms with E-state index >= 15 is 0 Å². The van der Waals surface area contributed by atoms with E-state index in [-0.39, 0.29) is 12.5 Å². The van der Waals surface area contributed by atoms with Gasteiger partial charge in [0.05, 0.1) is 6.54 Å². The molecule has 1 saturated carbocycles. The molecule has 4 rings (SSSR count). The van der Waals surface area contributed by atoms with Crippen LogP contribution in [0.25, 0.3) is 0 Å². The van der Waals surface area contributed by atoms with Crippen LogP contribution in [0.1, 0.15) is 60.4 Å². The topological polar surface area (TPSA) is 49.4 Å². The lowest BCUT2D eigenvalue weighted by Gasteiger charge is -2.30. The molecule has 2 aliphatic rings. The maximum atomic E-state index is 13.7. The fourth-order valence-electron chi connectivity index (χ4n) is 5.25. The van der Waals surface area contributed by atoms with Crippen molar-refractivity contribution in [2.45, 2.75) is 44.4 Å². The predicted octanol–water partition coefficient (Wildman–Crippen LogP) is 4.91. The van der Waals surface area contributed by atoms with Crippen LogP contribution in [-0.4, -0.2) is 36.3 Å². The zero-order valence-corrected chi connectivity index (χ0v) is 18.2. The van der Waals surface area contributed by atoms with Crippen LogP contribution in [0, 0.1) is 23.5 Å². The number of amides is 2. The van der Waals surface area contributed by atoms with Gasteiger partial charge in [-0.3, -0.25) is 9.59 Å². The van der Waals surface area contributed by atoms with Crippen molar-refractivity contribution in [2.24, 2.45) is 11.8 Å². The highest BCUT2D eigenvalue weighted by Crippen LogP contribution is 2.39. The second-order valence-electron chi connectivity index (χ2n) is 9.14. The molecular weight excluding hydrogens is 410 g/mol. The van der Waals surface area contributed by atoms with E-state index in [4.69, 9.17) is 0 Å². The van der Waals surface area contributed by atoms with Gasteiger partial charge in [0.2, 0.25) is 5.91 Å². The lowest BCUT2D eigenvalue weighted by atomic mass is 9.75. The number of likely N-dealkylation sites (tertiary alicyclic amines) is 1. The van der Waals surface area contributed by atoms with E-state index in [0.717, 1.165) is 25.0 Å². The Morgan fingerprint density at radius 2 is 1.56 bits per heavy atom. The van der Waals surface area contributed by atoms with Crippen molar-refractivity contribution in [1.82, 2.24) is 10.2 Å². The zero-order valence-electron chi connectivity index (χ0n) is 18.2. The van der Waals surface area contributed by atoms with E-state index in [1.54, 1.807) is 4.90 Å². The van der Waals surface area contributed by atoms with Crippen molar-refractivity contribution in [3.63, 3.8) is 0 Å². The zero-order chi connectivity index (χ0) is 22.5. The summed E-state index contributed by atoms with van der Waals surface area (Å²) in [6.07, 6.45) is 7.02. The molecule has 1 aliphatic heterocycles. The number of hydrogen-bond donors (Lipinski definition) is 1. The van der Waals surface area contributed by atoms with Gasteiger partial charge < -0.3 is 10.2 Å². The molecule has 2 aromatic carbocycles. The molecule has 6 heteroatoms. The van der Waals surface area contributed by atoms with Crippen molar-refractivity contribution >= 4 is 11.8 Å². The summed E-state index contributed by atoms with van der Waals surface area (Å²) < 4.78 is 27.4. The number of hydrogen-bond acceptors (Lipinski definition) is 2. The van der Waals surface area contributed by atoms with E-state index in [0.29, 0.717) is 30.8 Å². The summed E-state index contributed by atoms with van der Waals surface area (Å²) in [7, 11) is 0. The highest BCUT2D eigenvalue weighted by Gasteiger charge is 2.30. The molecule has 32 heavy (non-hydrogen) atoms. The largest absolute Gasteiger partial charge is 0.343 e. The van der Waals surface area contributed by atoms with Crippen LogP contribution in [-0.2, 0) is 4.79 Å². The number of benzene rings is 2. The number of carbonyl (C=O) groups excluding carboxylic acids is 2. The number of nitrogens with one attached hydrogen (secondary N) is 1. The number of nitrogens with zero attached hydrogens (tertiary/aromatic N) is 1. The lowest BCUT2D eigenvalue weighted by molar-refractivity contribution is -0.129. The second-order valence-corrected chi connectivity index (χ2v) is 9.14. The van der Waals surface area contributed by atoms with Gasteiger partial charge in [-0.25, -0.2) is 8.78 Å². The summed E-state index contributed by atoms with van der Waals surface area (Å²) >= 11 is 0. The van der Waals surface area contributed by atoms with Gasteiger partial charge >= 0.3 is 0 Å². The summed E-state index contributed by atoms with van der Waals surface area (Å²) in [4.78, 5) is 26.4. The first-order chi connectivity index (χ1) is 15.5. The first-order valence-electron chi connectivity index (χ1n) is 11.6. The highest BCUT2D eigenvalue weighted by molar-refractivity contribution is 5.96. The van der Waals surface area contributed by atoms with Gasteiger partial charge in [0.1, 0.15) is 17.2 Å². The van der Waals surface area contributed by atoms with Crippen molar-refractivity contribution in [3.05, 3.63) is 71.3 Å². The first-order valence-corrected chi connectivity index (χ1v) is 11.6.